The van der Waals surface area contributed by atoms with E-state index in [2.05, 4.69) is 21.2 Å². The van der Waals surface area contributed by atoms with Gasteiger partial charge in [-0.25, -0.2) is 4.39 Å². The SMILES string of the molecule is Cc1cccc(OCCCC(=O)NCc2cc(Br)ccc2F)c1. The van der Waals surface area contributed by atoms with Crippen LogP contribution in [0.2, 0.25) is 0 Å². The van der Waals surface area contributed by atoms with Crippen molar-refractivity contribution in [3.8, 4) is 5.75 Å². The number of carbonyl (C=O) groups excluding carboxylic acids is 1. The molecule has 0 bridgehead atoms. The number of benzene rings is 2. The van der Waals surface area contributed by atoms with Crippen molar-refractivity contribution in [2.45, 2.75) is 26.3 Å². The topological polar surface area (TPSA) is 38.3 Å². The highest BCUT2D eigenvalue weighted by molar-refractivity contribution is 9.10. The molecule has 23 heavy (non-hydrogen) atoms. The number of rotatable bonds is 7. The van der Waals surface area contributed by atoms with Gasteiger partial charge in [0.1, 0.15) is 11.6 Å². The van der Waals surface area contributed by atoms with Crippen LogP contribution in [-0.2, 0) is 11.3 Å². The number of carbonyl (C=O) groups is 1. The number of hydrogen-bond acceptors (Lipinski definition) is 2. The van der Waals surface area contributed by atoms with E-state index in [-0.39, 0.29) is 18.3 Å². The summed E-state index contributed by atoms with van der Waals surface area (Å²) in [6, 6.07) is 12.4. The van der Waals surface area contributed by atoms with Crippen LogP contribution in [0.5, 0.6) is 5.75 Å². The van der Waals surface area contributed by atoms with Gasteiger partial charge in [-0.05, 0) is 49.2 Å². The van der Waals surface area contributed by atoms with E-state index < -0.39 is 0 Å². The Bertz CT molecular complexity index is 676. The summed E-state index contributed by atoms with van der Waals surface area (Å²) in [6.45, 7) is 2.66. The van der Waals surface area contributed by atoms with Crippen molar-refractivity contribution >= 4 is 21.8 Å². The monoisotopic (exact) mass is 379 g/mol. The quantitative estimate of drug-likeness (QED) is 0.725. The van der Waals surface area contributed by atoms with Gasteiger partial charge in [-0.3, -0.25) is 4.79 Å². The van der Waals surface area contributed by atoms with Crippen molar-refractivity contribution in [2.75, 3.05) is 6.61 Å². The average molecular weight is 380 g/mol. The van der Waals surface area contributed by atoms with Gasteiger partial charge in [0.25, 0.3) is 0 Å². The third-order valence-corrected chi connectivity index (χ3v) is 3.78. The molecule has 0 unspecified atom stereocenters. The number of ether oxygens (including phenoxy) is 1. The second-order valence-electron chi connectivity index (χ2n) is 5.28. The van der Waals surface area contributed by atoms with E-state index in [9.17, 15) is 9.18 Å². The molecule has 0 heterocycles. The van der Waals surface area contributed by atoms with E-state index in [0.717, 1.165) is 15.8 Å². The van der Waals surface area contributed by atoms with Crippen LogP contribution in [0, 0.1) is 12.7 Å². The fourth-order valence-electron chi connectivity index (χ4n) is 2.09. The van der Waals surface area contributed by atoms with E-state index in [1.807, 2.05) is 31.2 Å². The minimum Gasteiger partial charge on any atom is -0.494 e. The van der Waals surface area contributed by atoms with Gasteiger partial charge < -0.3 is 10.1 Å². The first-order valence-corrected chi connectivity index (χ1v) is 8.24. The molecule has 0 saturated carbocycles. The molecule has 0 aliphatic heterocycles. The molecule has 0 aromatic heterocycles. The highest BCUT2D eigenvalue weighted by atomic mass is 79.9. The molecule has 0 spiro atoms. The first-order valence-electron chi connectivity index (χ1n) is 7.44. The number of halogens is 2. The van der Waals surface area contributed by atoms with Crippen molar-refractivity contribution in [3.63, 3.8) is 0 Å². The number of hydrogen-bond donors (Lipinski definition) is 1. The molecule has 0 radical (unpaired) electrons. The number of aryl methyl sites for hydroxylation is 1. The summed E-state index contributed by atoms with van der Waals surface area (Å²) >= 11 is 3.29. The average Bonchev–Trinajstić information content (AvgIpc) is 2.52. The first-order chi connectivity index (χ1) is 11.0. The summed E-state index contributed by atoms with van der Waals surface area (Å²) in [4.78, 5) is 11.8. The Morgan fingerprint density at radius 3 is 2.87 bits per heavy atom. The molecule has 3 nitrogen and oxygen atoms in total. The van der Waals surface area contributed by atoms with Crippen molar-refractivity contribution in [1.29, 1.82) is 0 Å². The minimum absolute atomic E-state index is 0.114. The standard InChI is InChI=1S/C18H19BrFNO2/c1-13-4-2-5-16(10-13)23-9-3-6-18(22)21-12-14-11-15(19)7-8-17(14)20/h2,4-5,7-8,10-11H,3,6,9,12H2,1H3,(H,21,22). The van der Waals surface area contributed by atoms with Gasteiger partial charge in [0.2, 0.25) is 5.91 Å². The lowest BCUT2D eigenvalue weighted by Gasteiger charge is -2.08. The van der Waals surface area contributed by atoms with Crippen LogP contribution >= 0.6 is 15.9 Å². The van der Waals surface area contributed by atoms with Gasteiger partial charge in [-0.2, -0.15) is 0 Å². The molecule has 0 atom stereocenters. The summed E-state index contributed by atoms with van der Waals surface area (Å²) in [7, 11) is 0. The third kappa shape index (κ3) is 6.02. The summed E-state index contributed by atoms with van der Waals surface area (Å²) in [6.07, 6.45) is 0.960. The Hall–Kier alpha value is -1.88. The zero-order chi connectivity index (χ0) is 16.7. The normalized spacial score (nSPS) is 10.4. The maximum Gasteiger partial charge on any atom is 0.220 e. The van der Waals surface area contributed by atoms with Crippen LogP contribution in [-0.4, -0.2) is 12.5 Å². The van der Waals surface area contributed by atoms with E-state index >= 15 is 0 Å². The van der Waals surface area contributed by atoms with Gasteiger partial charge in [0, 0.05) is 23.0 Å². The minimum atomic E-state index is -0.323. The molecule has 0 aliphatic carbocycles. The predicted molar refractivity (Wildman–Crippen MR) is 91.9 cm³/mol. The second kappa shape index (κ2) is 8.67. The van der Waals surface area contributed by atoms with E-state index in [1.165, 1.54) is 6.07 Å². The molecule has 0 aliphatic rings. The highest BCUT2D eigenvalue weighted by Gasteiger charge is 2.06. The molecular formula is C18H19BrFNO2. The van der Waals surface area contributed by atoms with Crippen LogP contribution in [0.1, 0.15) is 24.0 Å². The molecular weight excluding hydrogens is 361 g/mol. The van der Waals surface area contributed by atoms with Crippen LogP contribution in [0.15, 0.2) is 46.9 Å². The smallest absolute Gasteiger partial charge is 0.220 e. The van der Waals surface area contributed by atoms with Crippen LogP contribution in [0.3, 0.4) is 0 Å². The van der Waals surface area contributed by atoms with Crippen LogP contribution < -0.4 is 10.1 Å². The molecule has 2 aromatic rings. The Morgan fingerprint density at radius 2 is 2.09 bits per heavy atom. The molecule has 2 aromatic carbocycles. The summed E-state index contributed by atoms with van der Waals surface area (Å²) in [5.74, 6) is 0.370. The lowest BCUT2D eigenvalue weighted by Crippen LogP contribution is -2.23. The molecule has 122 valence electrons. The fraction of sp³-hybridized carbons (Fsp3) is 0.278. The molecule has 0 saturated heterocycles. The summed E-state index contributed by atoms with van der Waals surface area (Å²) < 4.78 is 19.9. The molecule has 1 amide bonds. The lowest BCUT2D eigenvalue weighted by molar-refractivity contribution is -0.121. The Kier molecular flexibility index (Phi) is 6.59. The maximum absolute atomic E-state index is 13.6. The van der Waals surface area contributed by atoms with Crippen LogP contribution in [0.25, 0.3) is 0 Å². The Balaban J connectivity index is 1.68. The molecule has 1 N–H and O–H groups in total. The summed E-state index contributed by atoms with van der Waals surface area (Å²) in [5, 5.41) is 2.72. The van der Waals surface area contributed by atoms with Gasteiger partial charge in [0.15, 0.2) is 0 Å². The Morgan fingerprint density at radius 1 is 1.26 bits per heavy atom. The molecule has 5 heteroatoms. The lowest BCUT2D eigenvalue weighted by atomic mass is 10.2. The third-order valence-electron chi connectivity index (χ3n) is 3.29. The zero-order valence-corrected chi connectivity index (χ0v) is 14.5. The zero-order valence-electron chi connectivity index (χ0n) is 12.9. The predicted octanol–water partition coefficient (Wildman–Crippen LogP) is 4.37. The number of nitrogens with one attached hydrogen (secondary N) is 1. The summed E-state index contributed by atoms with van der Waals surface area (Å²) in [5.41, 5.74) is 1.60. The highest BCUT2D eigenvalue weighted by Crippen LogP contribution is 2.15. The Labute approximate surface area is 144 Å². The molecule has 0 fully saturated rings. The van der Waals surface area contributed by atoms with Gasteiger partial charge in [0.05, 0.1) is 6.61 Å². The van der Waals surface area contributed by atoms with Crippen molar-refractivity contribution in [2.24, 2.45) is 0 Å². The first kappa shape index (κ1) is 17.5. The number of amides is 1. The van der Waals surface area contributed by atoms with Gasteiger partial charge in [-0.1, -0.05) is 28.1 Å². The second-order valence-corrected chi connectivity index (χ2v) is 6.20. The van der Waals surface area contributed by atoms with Gasteiger partial charge >= 0.3 is 0 Å². The van der Waals surface area contributed by atoms with Crippen molar-refractivity contribution < 1.29 is 13.9 Å². The van der Waals surface area contributed by atoms with E-state index in [4.69, 9.17) is 4.74 Å². The van der Waals surface area contributed by atoms with E-state index in [0.29, 0.717) is 25.0 Å². The fourth-order valence-corrected chi connectivity index (χ4v) is 2.50. The molecule has 2 rings (SSSR count). The largest absolute Gasteiger partial charge is 0.494 e. The van der Waals surface area contributed by atoms with E-state index in [1.54, 1.807) is 12.1 Å². The van der Waals surface area contributed by atoms with Crippen LogP contribution in [0.4, 0.5) is 4.39 Å². The van der Waals surface area contributed by atoms with Crippen molar-refractivity contribution in [3.05, 3.63) is 63.9 Å². The van der Waals surface area contributed by atoms with Gasteiger partial charge in [-0.15, -0.1) is 0 Å². The maximum atomic E-state index is 13.6. The van der Waals surface area contributed by atoms with Crippen molar-refractivity contribution in [1.82, 2.24) is 5.32 Å².